The minimum atomic E-state index is -3.33. The Morgan fingerprint density at radius 3 is 2.27 bits per heavy atom. The molecule has 3 rings (SSSR count). The average Bonchev–Trinajstić information content (AvgIpc) is 2.62. The fourth-order valence-electron chi connectivity index (χ4n) is 3.11. The zero-order chi connectivity index (χ0) is 18.7. The van der Waals surface area contributed by atoms with E-state index in [1.165, 1.54) is 4.31 Å². The first kappa shape index (κ1) is 18.8. The molecule has 2 aromatic rings. The molecule has 2 aromatic heterocycles. The molecule has 7 nitrogen and oxygen atoms in total. The lowest BCUT2D eigenvalue weighted by Crippen LogP contribution is -2.44. The standard InChI is InChI=1S/C18H25N5O2S/c1-14-6-4-8-17(19-14)21-18-9-5-7-16(20-18)15-10-12-23(13-11-15)26(24,25)22(2)3/h4-9,15H,10-13H2,1-3H3,(H,19,20,21). The van der Waals surface area contributed by atoms with Crippen molar-refractivity contribution in [2.24, 2.45) is 0 Å². The van der Waals surface area contributed by atoms with Gasteiger partial charge in [-0.3, -0.25) is 0 Å². The summed E-state index contributed by atoms with van der Waals surface area (Å²) in [7, 11) is -0.199. The molecule has 1 N–H and O–H groups in total. The Labute approximate surface area is 155 Å². The first-order valence-electron chi connectivity index (χ1n) is 8.71. The highest BCUT2D eigenvalue weighted by molar-refractivity contribution is 7.86. The van der Waals surface area contributed by atoms with Crippen molar-refractivity contribution in [3.63, 3.8) is 0 Å². The molecular weight excluding hydrogens is 350 g/mol. The summed E-state index contributed by atoms with van der Waals surface area (Å²) in [6.45, 7) is 2.98. The second-order valence-corrected chi connectivity index (χ2v) is 8.84. The van der Waals surface area contributed by atoms with Gasteiger partial charge >= 0.3 is 0 Å². The van der Waals surface area contributed by atoms with Crippen LogP contribution >= 0.6 is 0 Å². The highest BCUT2D eigenvalue weighted by Crippen LogP contribution is 2.29. The predicted molar refractivity (Wildman–Crippen MR) is 103 cm³/mol. The molecule has 3 heterocycles. The van der Waals surface area contributed by atoms with Crippen molar-refractivity contribution in [2.75, 3.05) is 32.5 Å². The minimum absolute atomic E-state index is 0.260. The fourth-order valence-corrected chi connectivity index (χ4v) is 4.24. The summed E-state index contributed by atoms with van der Waals surface area (Å²) >= 11 is 0. The van der Waals surface area contributed by atoms with Crippen LogP contribution in [0.25, 0.3) is 0 Å². The van der Waals surface area contributed by atoms with Gasteiger partial charge in [0.15, 0.2) is 0 Å². The Hall–Kier alpha value is -2.03. The van der Waals surface area contributed by atoms with Crippen molar-refractivity contribution in [1.82, 2.24) is 18.6 Å². The van der Waals surface area contributed by atoms with Gasteiger partial charge in [0.2, 0.25) is 0 Å². The van der Waals surface area contributed by atoms with Crippen LogP contribution in [0.4, 0.5) is 11.6 Å². The number of hydrogen-bond donors (Lipinski definition) is 1. The topological polar surface area (TPSA) is 78.4 Å². The van der Waals surface area contributed by atoms with Crippen LogP contribution in [0, 0.1) is 6.92 Å². The zero-order valence-electron chi connectivity index (χ0n) is 15.4. The number of anilines is 2. The summed E-state index contributed by atoms with van der Waals surface area (Å²) in [5.41, 5.74) is 1.94. The molecule has 140 valence electrons. The highest BCUT2D eigenvalue weighted by atomic mass is 32.2. The number of hydrogen-bond acceptors (Lipinski definition) is 5. The van der Waals surface area contributed by atoms with Crippen LogP contribution in [-0.4, -0.2) is 54.2 Å². The van der Waals surface area contributed by atoms with Crippen LogP contribution in [0.15, 0.2) is 36.4 Å². The maximum Gasteiger partial charge on any atom is 0.281 e. The Balaban J connectivity index is 1.68. The molecule has 1 fully saturated rings. The number of nitrogens with one attached hydrogen (secondary N) is 1. The lowest BCUT2D eigenvalue weighted by atomic mass is 9.94. The molecule has 0 aliphatic carbocycles. The van der Waals surface area contributed by atoms with E-state index in [9.17, 15) is 8.42 Å². The number of aromatic nitrogens is 2. The van der Waals surface area contributed by atoms with Gasteiger partial charge in [-0.25, -0.2) is 9.97 Å². The molecule has 0 spiro atoms. The minimum Gasteiger partial charge on any atom is -0.325 e. The Morgan fingerprint density at radius 1 is 1.04 bits per heavy atom. The van der Waals surface area contributed by atoms with E-state index in [2.05, 4.69) is 10.3 Å². The van der Waals surface area contributed by atoms with E-state index in [0.29, 0.717) is 13.1 Å². The third-order valence-corrected chi connectivity index (χ3v) is 6.52. The summed E-state index contributed by atoms with van der Waals surface area (Å²) in [4.78, 5) is 9.15. The first-order valence-corrected chi connectivity index (χ1v) is 10.1. The van der Waals surface area contributed by atoms with Gasteiger partial charge < -0.3 is 5.32 Å². The third-order valence-electron chi connectivity index (χ3n) is 4.58. The number of rotatable bonds is 5. The van der Waals surface area contributed by atoms with Crippen molar-refractivity contribution in [2.45, 2.75) is 25.7 Å². The van der Waals surface area contributed by atoms with Crippen LogP contribution in [0.3, 0.4) is 0 Å². The number of nitrogens with zero attached hydrogens (tertiary/aromatic N) is 4. The maximum absolute atomic E-state index is 12.2. The van der Waals surface area contributed by atoms with Crippen LogP contribution in [0.1, 0.15) is 30.1 Å². The van der Waals surface area contributed by atoms with Crippen molar-refractivity contribution < 1.29 is 8.42 Å². The molecule has 0 saturated carbocycles. The van der Waals surface area contributed by atoms with Crippen LogP contribution in [0.2, 0.25) is 0 Å². The van der Waals surface area contributed by atoms with E-state index in [4.69, 9.17) is 4.98 Å². The quantitative estimate of drug-likeness (QED) is 0.869. The molecule has 8 heteroatoms. The lowest BCUT2D eigenvalue weighted by Gasteiger charge is -2.32. The molecule has 0 atom stereocenters. The number of piperidine rings is 1. The molecule has 1 saturated heterocycles. The predicted octanol–water partition coefficient (Wildman–Crippen LogP) is 2.51. The average molecular weight is 375 g/mol. The van der Waals surface area contributed by atoms with Crippen LogP contribution < -0.4 is 5.32 Å². The zero-order valence-corrected chi connectivity index (χ0v) is 16.2. The molecule has 0 amide bonds. The summed E-state index contributed by atoms with van der Waals surface area (Å²) in [5.74, 6) is 1.78. The number of pyridine rings is 2. The van der Waals surface area contributed by atoms with E-state index in [0.717, 1.165) is 35.9 Å². The van der Waals surface area contributed by atoms with Gasteiger partial charge in [0.25, 0.3) is 10.2 Å². The summed E-state index contributed by atoms with van der Waals surface area (Å²) < 4.78 is 27.3. The summed E-state index contributed by atoms with van der Waals surface area (Å²) in [6.07, 6.45) is 1.54. The summed E-state index contributed by atoms with van der Waals surface area (Å²) in [6, 6.07) is 11.7. The van der Waals surface area contributed by atoms with Crippen molar-refractivity contribution in [1.29, 1.82) is 0 Å². The fraction of sp³-hybridized carbons (Fsp3) is 0.444. The second-order valence-electron chi connectivity index (χ2n) is 6.70. The smallest absolute Gasteiger partial charge is 0.281 e. The van der Waals surface area contributed by atoms with Gasteiger partial charge in [-0.1, -0.05) is 12.1 Å². The van der Waals surface area contributed by atoms with Crippen molar-refractivity contribution in [3.8, 4) is 0 Å². The maximum atomic E-state index is 12.2. The van der Waals surface area contributed by atoms with E-state index >= 15 is 0 Å². The van der Waals surface area contributed by atoms with E-state index in [1.807, 2.05) is 43.3 Å². The van der Waals surface area contributed by atoms with Crippen LogP contribution in [0.5, 0.6) is 0 Å². The Kier molecular flexibility index (Phi) is 5.55. The van der Waals surface area contributed by atoms with Crippen molar-refractivity contribution >= 4 is 21.8 Å². The largest absolute Gasteiger partial charge is 0.325 e. The monoisotopic (exact) mass is 375 g/mol. The van der Waals surface area contributed by atoms with Gasteiger partial charge in [0, 0.05) is 44.5 Å². The molecule has 1 aliphatic heterocycles. The molecular formula is C18H25N5O2S. The number of aryl methyl sites for hydroxylation is 1. The molecule has 1 aliphatic rings. The first-order chi connectivity index (χ1) is 12.4. The van der Waals surface area contributed by atoms with Gasteiger partial charge in [0.1, 0.15) is 11.6 Å². The van der Waals surface area contributed by atoms with E-state index in [-0.39, 0.29) is 5.92 Å². The molecule has 0 aromatic carbocycles. The Bertz CT molecular complexity index is 861. The normalized spacial score (nSPS) is 16.8. The van der Waals surface area contributed by atoms with Gasteiger partial charge in [0.05, 0.1) is 0 Å². The molecule has 0 radical (unpaired) electrons. The molecule has 26 heavy (non-hydrogen) atoms. The lowest BCUT2D eigenvalue weighted by molar-refractivity contribution is 0.300. The third kappa shape index (κ3) is 4.20. The SMILES string of the molecule is Cc1cccc(Nc2cccc(C3CCN(S(=O)(=O)N(C)C)CC3)n2)n1. The molecule has 0 bridgehead atoms. The van der Waals surface area contributed by atoms with Gasteiger partial charge in [-0.05, 0) is 44.0 Å². The second kappa shape index (κ2) is 7.69. The van der Waals surface area contributed by atoms with Gasteiger partial charge in [-0.15, -0.1) is 0 Å². The van der Waals surface area contributed by atoms with E-state index in [1.54, 1.807) is 18.4 Å². The highest BCUT2D eigenvalue weighted by Gasteiger charge is 2.30. The van der Waals surface area contributed by atoms with Gasteiger partial charge in [-0.2, -0.15) is 17.0 Å². The van der Waals surface area contributed by atoms with Crippen LogP contribution in [-0.2, 0) is 10.2 Å². The molecule has 0 unspecified atom stereocenters. The van der Waals surface area contributed by atoms with Crippen molar-refractivity contribution in [3.05, 3.63) is 47.8 Å². The van der Waals surface area contributed by atoms with E-state index < -0.39 is 10.2 Å². The summed E-state index contributed by atoms with van der Waals surface area (Å²) in [5, 5.41) is 3.24. The Morgan fingerprint density at radius 2 is 1.65 bits per heavy atom.